The Labute approximate surface area is 178 Å². The maximum Gasteiger partial charge on any atom is 0.340 e. The monoisotopic (exact) mass is 417 g/mol. The highest BCUT2D eigenvalue weighted by molar-refractivity contribution is 6.09. The quantitative estimate of drug-likeness (QED) is 0.302. The molecule has 0 radical (unpaired) electrons. The van der Waals surface area contributed by atoms with Crippen LogP contribution in [-0.2, 0) is 11.3 Å². The summed E-state index contributed by atoms with van der Waals surface area (Å²) in [5, 5.41) is 0. The summed E-state index contributed by atoms with van der Waals surface area (Å²) >= 11 is 0. The number of hydrogen-bond acceptors (Lipinski definition) is 4. The molecule has 0 aliphatic carbocycles. The van der Waals surface area contributed by atoms with Crippen LogP contribution in [-0.4, -0.2) is 23.3 Å². The molecule has 0 saturated heterocycles. The van der Waals surface area contributed by atoms with Crippen LogP contribution in [0.4, 0.5) is 4.39 Å². The van der Waals surface area contributed by atoms with Gasteiger partial charge in [0.2, 0.25) is 0 Å². The maximum absolute atomic E-state index is 14.9. The molecule has 2 aromatic carbocycles. The van der Waals surface area contributed by atoms with Crippen molar-refractivity contribution in [2.24, 2.45) is 0 Å². The predicted octanol–water partition coefficient (Wildman–Crippen LogP) is 5.31. The number of hydrogen-bond donors (Lipinski definition) is 0. The van der Waals surface area contributed by atoms with Crippen molar-refractivity contribution in [1.29, 1.82) is 0 Å². The summed E-state index contributed by atoms with van der Waals surface area (Å²) in [6, 6.07) is 19.1. The second-order valence-electron chi connectivity index (χ2n) is 6.85. The van der Waals surface area contributed by atoms with E-state index in [0.717, 1.165) is 5.56 Å². The van der Waals surface area contributed by atoms with Crippen LogP contribution < -0.4 is 4.74 Å². The molecule has 4 rings (SSSR count). The van der Waals surface area contributed by atoms with Crippen LogP contribution in [0, 0.1) is 5.82 Å². The number of rotatable bonds is 7. The highest BCUT2D eigenvalue weighted by Gasteiger charge is 2.25. The largest absolute Gasteiger partial charge is 0.486 e. The number of carbonyl (C=O) groups is 2. The molecular formula is C25H20FNO4. The minimum absolute atomic E-state index is 0.0849. The van der Waals surface area contributed by atoms with Gasteiger partial charge in [-0.05, 0) is 42.3 Å². The van der Waals surface area contributed by atoms with Crippen LogP contribution in [0.2, 0.25) is 0 Å². The van der Waals surface area contributed by atoms with Gasteiger partial charge in [-0.1, -0.05) is 42.5 Å². The van der Waals surface area contributed by atoms with Crippen LogP contribution in [0.3, 0.4) is 0 Å². The van der Waals surface area contributed by atoms with E-state index >= 15 is 0 Å². The first kappa shape index (κ1) is 20.3. The first-order valence-corrected chi connectivity index (χ1v) is 9.86. The Kier molecular flexibility index (Phi) is 5.80. The van der Waals surface area contributed by atoms with Crippen molar-refractivity contribution in [3.05, 3.63) is 95.6 Å². The Bertz CT molecular complexity index is 1250. The number of carbonyl (C=O) groups excluding carboxylic acids is 2. The number of halogens is 1. The molecule has 0 amide bonds. The second-order valence-corrected chi connectivity index (χ2v) is 6.85. The van der Waals surface area contributed by atoms with Gasteiger partial charge in [0.1, 0.15) is 6.61 Å². The van der Waals surface area contributed by atoms with Crippen LogP contribution in [0.15, 0.2) is 72.9 Å². The molecule has 0 aliphatic rings. The van der Waals surface area contributed by atoms with Crippen LogP contribution in [0.5, 0.6) is 5.75 Å². The number of nitrogens with zero attached hydrogens (tertiary/aromatic N) is 1. The van der Waals surface area contributed by atoms with Gasteiger partial charge in [-0.3, -0.25) is 4.79 Å². The van der Waals surface area contributed by atoms with Crippen molar-refractivity contribution >= 4 is 17.8 Å². The SMILES string of the molecule is CCOC(=O)c1c(-c2ccc(OCc3ccccc3)c(F)c2)c(C=O)n2ccccc12. The van der Waals surface area contributed by atoms with E-state index in [-0.39, 0.29) is 30.2 Å². The lowest BCUT2D eigenvalue weighted by molar-refractivity contribution is 0.0529. The zero-order valence-electron chi connectivity index (χ0n) is 16.9. The summed E-state index contributed by atoms with van der Waals surface area (Å²) in [5.74, 6) is -1.07. The Morgan fingerprint density at radius 2 is 1.84 bits per heavy atom. The van der Waals surface area contributed by atoms with Crippen molar-refractivity contribution in [1.82, 2.24) is 4.40 Å². The van der Waals surface area contributed by atoms with Gasteiger partial charge in [-0.15, -0.1) is 0 Å². The fraction of sp³-hybridized carbons (Fsp3) is 0.120. The van der Waals surface area contributed by atoms with Gasteiger partial charge in [0, 0.05) is 11.8 Å². The van der Waals surface area contributed by atoms with E-state index in [1.54, 1.807) is 41.8 Å². The first-order valence-electron chi connectivity index (χ1n) is 9.86. The summed E-state index contributed by atoms with van der Waals surface area (Å²) < 4.78 is 27.3. The Morgan fingerprint density at radius 1 is 1.06 bits per heavy atom. The zero-order valence-corrected chi connectivity index (χ0v) is 16.9. The predicted molar refractivity (Wildman–Crippen MR) is 115 cm³/mol. The van der Waals surface area contributed by atoms with Crippen molar-refractivity contribution in [2.75, 3.05) is 6.61 Å². The van der Waals surface area contributed by atoms with E-state index in [1.807, 2.05) is 30.3 Å². The molecule has 0 N–H and O–H groups in total. The molecular weight excluding hydrogens is 397 g/mol. The van der Waals surface area contributed by atoms with Gasteiger partial charge in [-0.25, -0.2) is 9.18 Å². The molecule has 6 heteroatoms. The Balaban J connectivity index is 1.77. The third kappa shape index (κ3) is 3.92. The topological polar surface area (TPSA) is 57.0 Å². The lowest BCUT2D eigenvalue weighted by Crippen LogP contribution is -2.06. The Morgan fingerprint density at radius 3 is 2.55 bits per heavy atom. The second kappa shape index (κ2) is 8.83. The minimum atomic E-state index is -0.588. The highest BCUT2D eigenvalue weighted by atomic mass is 19.1. The molecule has 0 saturated carbocycles. The lowest BCUT2D eigenvalue weighted by Gasteiger charge is -2.10. The molecule has 31 heavy (non-hydrogen) atoms. The van der Waals surface area contributed by atoms with Crippen LogP contribution >= 0.6 is 0 Å². The molecule has 0 unspecified atom stereocenters. The van der Waals surface area contributed by atoms with E-state index in [1.165, 1.54) is 12.1 Å². The molecule has 5 nitrogen and oxygen atoms in total. The number of aromatic nitrogens is 1. The van der Waals surface area contributed by atoms with E-state index in [4.69, 9.17) is 9.47 Å². The van der Waals surface area contributed by atoms with E-state index in [9.17, 15) is 14.0 Å². The van der Waals surface area contributed by atoms with Crippen molar-refractivity contribution < 1.29 is 23.5 Å². The number of fused-ring (bicyclic) bond motifs is 1. The summed E-state index contributed by atoms with van der Waals surface area (Å²) in [5.41, 5.74) is 2.62. The smallest absolute Gasteiger partial charge is 0.340 e. The molecule has 0 atom stereocenters. The normalized spacial score (nSPS) is 10.8. The number of pyridine rings is 1. The standard InChI is InChI=1S/C25H20FNO4/c1-2-30-25(29)24-20-10-6-7-13-27(20)21(15-28)23(24)18-11-12-22(19(26)14-18)31-16-17-8-4-3-5-9-17/h3-15H,2,16H2,1H3. The van der Waals surface area contributed by atoms with Gasteiger partial charge in [0.15, 0.2) is 17.9 Å². The molecule has 0 spiro atoms. The van der Waals surface area contributed by atoms with Gasteiger partial charge >= 0.3 is 5.97 Å². The van der Waals surface area contributed by atoms with E-state index in [0.29, 0.717) is 22.9 Å². The third-order valence-corrected chi connectivity index (χ3v) is 4.93. The van der Waals surface area contributed by atoms with Gasteiger partial charge in [0.05, 0.1) is 23.4 Å². The number of esters is 1. The third-order valence-electron chi connectivity index (χ3n) is 4.93. The number of aldehydes is 1. The highest BCUT2D eigenvalue weighted by Crippen LogP contribution is 2.35. The summed E-state index contributed by atoms with van der Waals surface area (Å²) in [6.45, 7) is 2.11. The first-order chi connectivity index (χ1) is 15.1. The average Bonchev–Trinajstić information content (AvgIpc) is 3.13. The summed E-state index contributed by atoms with van der Waals surface area (Å²) in [6.07, 6.45) is 2.34. The number of ether oxygens (including phenoxy) is 2. The van der Waals surface area contributed by atoms with Crippen LogP contribution in [0.1, 0.15) is 33.3 Å². The number of benzene rings is 2. The van der Waals surface area contributed by atoms with Gasteiger partial charge < -0.3 is 13.9 Å². The Hall–Kier alpha value is -3.93. The van der Waals surface area contributed by atoms with E-state index < -0.39 is 11.8 Å². The minimum Gasteiger partial charge on any atom is -0.486 e. The molecule has 2 aromatic heterocycles. The maximum atomic E-state index is 14.9. The lowest BCUT2D eigenvalue weighted by atomic mass is 10.0. The molecule has 4 aromatic rings. The van der Waals surface area contributed by atoms with Crippen molar-refractivity contribution in [2.45, 2.75) is 13.5 Å². The zero-order chi connectivity index (χ0) is 21.8. The fourth-order valence-electron chi connectivity index (χ4n) is 3.56. The molecule has 2 heterocycles. The van der Waals surface area contributed by atoms with Gasteiger partial charge in [-0.2, -0.15) is 0 Å². The summed E-state index contributed by atoms with van der Waals surface area (Å²) in [7, 11) is 0. The van der Waals surface area contributed by atoms with E-state index in [2.05, 4.69) is 0 Å². The summed E-state index contributed by atoms with van der Waals surface area (Å²) in [4.78, 5) is 24.7. The molecule has 0 aliphatic heterocycles. The molecule has 0 fully saturated rings. The van der Waals surface area contributed by atoms with Gasteiger partial charge in [0.25, 0.3) is 0 Å². The van der Waals surface area contributed by atoms with Crippen molar-refractivity contribution in [3.63, 3.8) is 0 Å². The molecule has 156 valence electrons. The average molecular weight is 417 g/mol. The fourth-order valence-corrected chi connectivity index (χ4v) is 3.56. The van der Waals surface area contributed by atoms with Crippen molar-refractivity contribution in [3.8, 4) is 16.9 Å². The molecule has 0 bridgehead atoms. The van der Waals surface area contributed by atoms with Crippen LogP contribution in [0.25, 0.3) is 16.6 Å².